The third kappa shape index (κ3) is 2.93. The first kappa shape index (κ1) is 14.5. The fourth-order valence-electron chi connectivity index (χ4n) is 2.66. The summed E-state index contributed by atoms with van der Waals surface area (Å²) in [6, 6.07) is 3.39. The summed E-state index contributed by atoms with van der Waals surface area (Å²) in [5.74, 6) is 1.91. The van der Waals surface area contributed by atoms with E-state index in [2.05, 4.69) is 25.1 Å². The average Bonchev–Trinajstić information content (AvgIpc) is 2.79. The number of aromatic nitrogens is 4. The summed E-state index contributed by atoms with van der Waals surface area (Å²) in [7, 11) is 1.50. The standard InChI is InChI=1S/C15H19N5O2/c1-22-15-11(6-5-8-16-15)14(21)17-10-13-19-18-12-7-3-2-4-9-20(12)13/h5-6,8H,2-4,7,9-10H2,1H3,(H,17,21). The Kier molecular flexibility index (Phi) is 4.32. The van der Waals surface area contributed by atoms with Gasteiger partial charge in [-0.05, 0) is 25.0 Å². The number of carbonyl (C=O) groups is 1. The summed E-state index contributed by atoms with van der Waals surface area (Å²) in [6.45, 7) is 1.27. The van der Waals surface area contributed by atoms with E-state index in [1.807, 2.05) is 0 Å². The first-order chi connectivity index (χ1) is 10.8. The largest absolute Gasteiger partial charge is 0.480 e. The van der Waals surface area contributed by atoms with Crippen LogP contribution in [-0.2, 0) is 19.5 Å². The van der Waals surface area contributed by atoms with Crippen LogP contribution in [0.5, 0.6) is 5.88 Å². The summed E-state index contributed by atoms with van der Waals surface area (Å²) in [6.07, 6.45) is 6.03. The van der Waals surface area contributed by atoms with E-state index in [-0.39, 0.29) is 5.91 Å². The Morgan fingerprint density at radius 1 is 1.36 bits per heavy atom. The van der Waals surface area contributed by atoms with E-state index < -0.39 is 0 Å². The van der Waals surface area contributed by atoms with Crippen molar-refractivity contribution in [2.24, 2.45) is 0 Å². The molecular weight excluding hydrogens is 282 g/mol. The zero-order valence-corrected chi connectivity index (χ0v) is 12.6. The third-order valence-corrected chi connectivity index (χ3v) is 3.80. The summed E-state index contributed by atoms with van der Waals surface area (Å²) >= 11 is 0. The number of aryl methyl sites for hydroxylation is 1. The zero-order valence-electron chi connectivity index (χ0n) is 12.6. The molecule has 1 aliphatic heterocycles. The van der Waals surface area contributed by atoms with Crippen LogP contribution < -0.4 is 10.1 Å². The van der Waals surface area contributed by atoms with Crippen molar-refractivity contribution in [1.29, 1.82) is 0 Å². The number of methoxy groups -OCH3 is 1. The molecule has 1 aliphatic rings. The predicted octanol–water partition coefficient (Wildman–Crippen LogP) is 1.34. The van der Waals surface area contributed by atoms with Crippen LogP contribution in [0.1, 0.15) is 41.3 Å². The molecule has 1 amide bonds. The van der Waals surface area contributed by atoms with Crippen LogP contribution in [0.3, 0.4) is 0 Å². The summed E-state index contributed by atoms with van der Waals surface area (Å²) in [4.78, 5) is 16.3. The molecule has 3 rings (SSSR count). The smallest absolute Gasteiger partial charge is 0.257 e. The van der Waals surface area contributed by atoms with E-state index in [0.29, 0.717) is 18.0 Å². The molecular formula is C15H19N5O2. The number of nitrogens with zero attached hydrogens (tertiary/aromatic N) is 4. The van der Waals surface area contributed by atoms with Gasteiger partial charge in [0.25, 0.3) is 5.91 Å². The number of hydrogen-bond donors (Lipinski definition) is 1. The molecule has 0 aromatic carbocycles. The number of pyridine rings is 1. The molecule has 7 nitrogen and oxygen atoms in total. The van der Waals surface area contributed by atoms with Crippen LogP contribution in [0.15, 0.2) is 18.3 Å². The van der Waals surface area contributed by atoms with Gasteiger partial charge in [-0.1, -0.05) is 6.42 Å². The highest BCUT2D eigenvalue weighted by molar-refractivity contribution is 5.96. The maximum Gasteiger partial charge on any atom is 0.257 e. The van der Waals surface area contributed by atoms with Crippen molar-refractivity contribution < 1.29 is 9.53 Å². The second kappa shape index (κ2) is 6.55. The van der Waals surface area contributed by atoms with Crippen LogP contribution in [0.25, 0.3) is 0 Å². The highest BCUT2D eigenvalue weighted by Gasteiger charge is 2.17. The van der Waals surface area contributed by atoms with E-state index in [4.69, 9.17) is 4.74 Å². The number of carbonyl (C=O) groups excluding carboxylic acids is 1. The predicted molar refractivity (Wildman–Crippen MR) is 79.5 cm³/mol. The van der Waals surface area contributed by atoms with Crippen LogP contribution >= 0.6 is 0 Å². The molecule has 0 fully saturated rings. The monoisotopic (exact) mass is 301 g/mol. The van der Waals surface area contributed by atoms with E-state index >= 15 is 0 Å². The molecule has 0 unspecified atom stereocenters. The van der Waals surface area contributed by atoms with Gasteiger partial charge in [-0.2, -0.15) is 0 Å². The molecule has 2 aromatic rings. The first-order valence-corrected chi connectivity index (χ1v) is 7.47. The Balaban J connectivity index is 1.70. The van der Waals surface area contributed by atoms with Gasteiger partial charge in [-0.15, -0.1) is 10.2 Å². The molecule has 3 heterocycles. The Hall–Kier alpha value is -2.44. The van der Waals surface area contributed by atoms with E-state index in [1.54, 1.807) is 18.3 Å². The lowest BCUT2D eigenvalue weighted by molar-refractivity contribution is 0.0945. The van der Waals surface area contributed by atoms with Gasteiger partial charge < -0.3 is 14.6 Å². The molecule has 1 N–H and O–H groups in total. The molecule has 0 saturated carbocycles. The molecule has 0 aliphatic carbocycles. The quantitative estimate of drug-likeness (QED) is 0.921. The number of fused-ring (bicyclic) bond motifs is 1. The highest BCUT2D eigenvalue weighted by Crippen LogP contribution is 2.15. The second-order valence-electron chi connectivity index (χ2n) is 5.24. The summed E-state index contributed by atoms with van der Waals surface area (Å²) in [5, 5.41) is 11.3. The minimum Gasteiger partial charge on any atom is -0.480 e. The molecule has 0 atom stereocenters. The van der Waals surface area contributed by atoms with Crippen molar-refractivity contribution in [3.63, 3.8) is 0 Å². The van der Waals surface area contributed by atoms with Crippen molar-refractivity contribution in [1.82, 2.24) is 25.1 Å². The summed E-state index contributed by atoms with van der Waals surface area (Å²) in [5.41, 5.74) is 0.417. The van der Waals surface area contributed by atoms with Gasteiger partial charge in [0.1, 0.15) is 11.4 Å². The molecule has 7 heteroatoms. The normalized spacial score (nSPS) is 14.0. The van der Waals surface area contributed by atoms with Gasteiger partial charge >= 0.3 is 0 Å². The maximum absolute atomic E-state index is 12.3. The molecule has 22 heavy (non-hydrogen) atoms. The third-order valence-electron chi connectivity index (χ3n) is 3.80. The van der Waals surface area contributed by atoms with Gasteiger partial charge in [-0.3, -0.25) is 4.79 Å². The van der Waals surface area contributed by atoms with Crippen LogP contribution in [0, 0.1) is 0 Å². The molecule has 0 bridgehead atoms. The van der Waals surface area contributed by atoms with Gasteiger partial charge in [0.05, 0.1) is 13.7 Å². The first-order valence-electron chi connectivity index (χ1n) is 7.47. The average molecular weight is 301 g/mol. The lowest BCUT2D eigenvalue weighted by atomic mass is 10.2. The van der Waals surface area contributed by atoms with E-state index in [1.165, 1.54) is 13.5 Å². The second-order valence-corrected chi connectivity index (χ2v) is 5.24. The van der Waals surface area contributed by atoms with E-state index in [0.717, 1.165) is 37.5 Å². The number of nitrogens with one attached hydrogen (secondary N) is 1. The minimum atomic E-state index is -0.226. The molecule has 0 radical (unpaired) electrons. The fraction of sp³-hybridized carbons (Fsp3) is 0.467. The van der Waals surface area contributed by atoms with Crippen LogP contribution in [0.2, 0.25) is 0 Å². The maximum atomic E-state index is 12.3. The van der Waals surface area contributed by atoms with Crippen molar-refractivity contribution >= 4 is 5.91 Å². The molecule has 2 aromatic heterocycles. The Morgan fingerprint density at radius 2 is 2.27 bits per heavy atom. The zero-order chi connectivity index (χ0) is 15.4. The van der Waals surface area contributed by atoms with Gasteiger partial charge in [-0.25, -0.2) is 4.98 Å². The van der Waals surface area contributed by atoms with Gasteiger partial charge in [0.15, 0.2) is 5.82 Å². The lowest BCUT2D eigenvalue weighted by Gasteiger charge is -2.09. The van der Waals surface area contributed by atoms with Crippen molar-refractivity contribution in [3.05, 3.63) is 35.5 Å². The Labute approximate surface area is 128 Å². The van der Waals surface area contributed by atoms with Crippen LogP contribution in [-0.4, -0.2) is 32.8 Å². The number of ether oxygens (including phenoxy) is 1. The SMILES string of the molecule is COc1ncccc1C(=O)NCc1nnc2n1CCCCC2. The number of amides is 1. The van der Waals surface area contributed by atoms with Crippen molar-refractivity contribution in [3.8, 4) is 5.88 Å². The summed E-state index contributed by atoms with van der Waals surface area (Å²) < 4.78 is 7.22. The van der Waals surface area contributed by atoms with E-state index in [9.17, 15) is 4.79 Å². The van der Waals surface area contributed by atoms with Crippen LogP contribution in [0.4, 0.5) is 0 Å². The fourth-order valence-corrected chi connectivity index (χ4v) is 2.66. The van der Waals surface area contributed by atoms with Crippen molar-refractivity contribution in [2.45, 2.75) is 38.8 Å². The number of hydrogen-bond acceptors (Lipinski definition) is 5. The lowest BCUT2D eigenvalue weighted by Crippen LogP contribution is -2.25. The number of rotatable bonds is 4. The highest BCUT2D eigenvalue weighted by atomic mass is 16.5. The molecule has 0 spiro atoms. The Morgan fingerprint density at radius 3 is 3.14 bits per heavy atom. The molecule has 116 valence electrons. The topological polar surface area (TPSA) is 81.9 Å². The van der Waals surface area contributed by atoms with Gasteiger partial charge in [0, 0.05) is 19.2 Å². The minimum absolute atomic E-state index is 0.226. The molecule has 0 saturated heterocycles. The van der Waals surface area contributed by atoms with Gasteiger partial charge in [0.2, 0.25) is 5.88 Å². The Bertz CT molecular complexity index is 668. The van der Waals surface area contributed by atoms with Crippen molar-refractivity contribution in [2.75, 3.05) is 7.11 Å².